The average molecular weight is 783 g/mol. The number of hydrogen-bond acceptors (Lipinski definition) is 12. The van der Waals surface area contributed by atoms with Crippen molar-refractivity contribution in [1.82, 2.24) is 20.6 Å². The lowest BCUT2D eigenvalue weighted by atomic mass is 10.0. The number of carbonyl (C=O) groups excluding carboxylic acids is 6. The molecule has 2 heterocycles. The topological polar surface area (TPSA) is 216 Å². The Morgan fingerprint density at radius 3 is 2.48 bits per heavy atom. The van der Waals surface area contributed by atoms with Gasteiger partial charge in [0.2, 0.25) is 17.7 Å². The van der Waals surface area contributed by atoms with E-state index in [0.29, 0.717) is 36.7 Å². The highest BCUT2D eigenvalue weighted by atomic mass is 32.2. The zero-order valence-corrected chi connectivity index (χ0v) is 32.0. The number of amides is 6. The van der Waals surface area contributed by atoms with E-state index in [4.69, 9.17) is 11.0 Å². The molecule has 2 aliphatic rings. The van der Waals surface area contributed by atoms with Crippen molar-refractivity contribution in [1.29, 1.82) is 0 Å². The van der Waals surface area contributed by atoms with Gasteiger partial charge in [0.15, 0.2) is 0 Å². The molecule has 6 amide bonds. The molecule has 16 heteroatoms. The van der Waals surface area contributed by atoms with Gasteiger partial charge < -0.3 is 16.1 Å². The number of benzene rings is 3. The zero-order chi connectivity index (χ0) is 40.0. The van der Waals surface area contributed by atoms with Gasteiger partial charge in [-0.05, 0) is 73.4 Å². The van der Waals surface area contributed by atoms with Crippen LogP contribution in [0.4, 0.5) is 11.4 Å². The number of hydrogen-bond donors (Lipinski definition) is 5. The Kier molecular flexibility index (Phi) is 14.9. The first-order valence-corrected chi connectivity index (χ1v) is 19.5. The molecule has 3 aromatic carbocycles. The number of hydrazone groups is 1. The Morgan fingerprint density at radius 1 is 0.964 bits per heavy atom. The Labute approximate surface area is 329 Å². The average Bonchev–Trinajstić information content (AvgIpc) is 3.44. The van der Waals surface area contributed by atoms with Crippen LogP contribution in [0, 0.1) is 0 Å². The molecule has 56 heavy (non-hydrogen) atoms. The lowest BCUT2D eigenvalue weighted by molar-refractivity contribution is -0.136. The van der Waals surface area contributed by atoms with Crippen LogP contribution in [0.5, 0.6) is 0 Å². The molecule has 1 atom stereocenters. The third-order valence-corrected chi connectivity index (χ3v) is 10.5. The Balaban J connectivity index is 0.948. The molecule has 1 fully saturated rings. The molecule has 15 nitrogen and oxygen atoms in total. The first-order valence-electron chi connectivity index (χ1n) is 18.5. The van der Waals surface area contributed by atoms with Crippen molar-refractivity contribution in [3.8, 4) is 0 Å². The highest BCUT2D eigenvalue weighted by Crippen LogP contribution is 2.30. The number of nitrogens with one attached hydrogen (secondary N) is 3. The standard InChI is InChI=1S/C40H46N8O7S/c1-47(24-26-10-8-13-31(20-26)56-25-30(45-41)23-43-28-12-9-11-27(21-28)37(51)46-55)36(50)14-6-4-2-3-5-7-19-42-29-15-16-32-33(22-29)40(54)48(39(32)53)34-17-18-35(49)44-38(34)52/h8-13,15-16,20-23,34,42,55H,2-7,14,17-19,24-25,41H2,1H3,(H,46,51)(H,44,49,52)/b43-23?,45-30+. The van der Waals surface area contributed by atoms with Crippen LogP contribution in [0.1, 0.15) is 94.4 Å². The number of aliphatic imine (C=N–C) groups is 1. The lowest BCUT2D eigenvalue weighted by Crippen LogP contribution is -2.54. The normalized spacial score (nSPS) is 15.6. The Morgan fingerprint density at radius 2 is 1.71 bits per heavy atom. The van der Waals surface area contributed by atoms with E-state index in [-0.39, 0.29) is 35.4 Å². The van der Waals surface area contributed by atoms with E-state index in [2.05, 4.69) is 20.7 Å². The van der Waals surface area contributed by atoms with Crippen LogP contribution in [0.25, 0.3) is 0 Å². The fraction of sp³-hybridized carbons (Fsp3) is 0.350. The zero-order valence-electron chi connectivity index (χ0n) is 31.2. The summed E-state index contributed by atoms with van der Waals surface area (Å²) in [7, 11) is 1.81. The lowest BCUT2D eigenvalue weighted by Gasteiger charge is -2.27. The molecular weight excluding hydrogens is 737 g/mol. The van der Waals surface area contributed by atoms with Crippen molar-refractivity contribution in [2.75, 3.05) is 24.7 Å². The molecule has 0 spiro atoms. The van der Waals surface area contributed by atoms with Crippen molar-refractivity contribution in [3.63, 3.8) is 0 Å². The van der Waals surface area contributed by atoms with Gasteiger partial charge in [-0.2, -0.15) is 5.10 Å². The molecule has 3 aromatic rings. The van der Waals surface area contributed by atoms with Gasteiger partial charge in [0.25, 0.3) is 17.7 Å². The number of carbonyl (C=O) groups is 6. The third kappa shape index (κ3) is 11.1. The molecule has 6 N–H and O–H groups in total. The van der Waals surface area contributed by atoms with Crippen molar-refractivity contribution in [3.05, 3.63) is 89.0 Å². The smallest absolute Gasteiger partial charge is 0.274 e. The van der Waals surface area contributed by atoms with E-state index in [0.717, 1.165) is 59.6 Å². The maximum absolute atomic E-state index is 13.1. The van der Waals surface area contributed by atoms with E-state index in [9.17, 15) is 28.8 Å². The number of rotatable bonds is 19. The summed E-state index contributed by atoms with van der Waals surface area (Å²) in [4.78, 5) is 82.3. The monoisotopic (exact) mass is 782 g/mol. The first kappa shape index (κ1) is 41.3. The minimum Gasteiger partial charge on any atom is -0.385 e. The van der Waals surface area contributed by atoms with E-state index < -0.39 is 35.6 Å². The van der Waals surface area contributed by atoms with E-state index in [1.54, 1.807) is 46.8 Å². The first-order chi connectivity index (χ1) is 27.1. The van der Waals surface area contributed by atoms with Gasteiger partial charge in [-0.15, -0.1) is 11.8 Å². The number of anilines is 1. The summed E-state index contributed by atoms with van der Waals surface area (Å²) < 4.78 is 0. The molecule has 1 unspecified atom stereocenters. The minimum atomic E-state index is -0.986. The number of imide groups is 2. The van der Waals surface area contributed by atoms with Gasteiger partial charge >= 0.3 is 0 Å². The second-order valence-corrected chi connectivity index (χ2v) is 14.6. The quantitative estimate of drug-likeness (QED) is 0.0213. The molecule has 0 aliphatic carbocycles. The highest BCUT2D eigenvalue weighted by Gasteiger charge is 2.44. The molecule has 1 saturated heterocycles. The van der Waals surface area contributed by atoms with E-state index in [1.165, 1.54) is 24.0 Å². The van der Waals surface area contributed by atoms with Crippen LogP contribution in [0.3, 0.4) is 0 Å². The number of fused-ring (bicyclic) bond motifs is 1. The van der Waals surface area contributed by atoms with Crippen LogP contribution >= 0.6 is 11.8 Å². The molecule has 0 bridgehead atoms. The van der Waals surface area contributed by atoms with Crippen LogP contribution in [-0.4, -0.2) is 87.8 Å². The largest absolute Gasteiger partial charge is 0.385 e. The van der Waals surface area contributed by atoms with Crippen LogP contribution in [0.2, 0.25) is 0 Å². The van der Waals surface area contributed by atoms with Crippen molar-refractivity contribution >= 4 is 70.5 Å². The number of nitrogens with two attached hydrogens (primary N) is 1. The van der Waals surface area contributed by atoms with Crippen molar-refractivity contribution in [2.24, 2.45) is 15.9 Å². The van der Waals surface area contributed by atoms with E-state index >= 15 is 0 Å². The number of nitrogens with zero attached hydrogens (tertiary/aromatic N) is 4. The highest BCUT2D eigenvalue weighted by molar-refractivity contribution is 8.00. The third-order valence-electron chi connectivity index (χ3n) is 9.46. The Bertz CT molecular complexity index is 2020. The predicted octanol–water partition coefficient (Wildman–Crippen LogP) is 4.82. The minimum absolute atomic E-state index is 0.0775. The fourth-order valence-corrected chi connectivity index (χ4v) is 7.29. The summed E-state index contributed by atoms with van der Waals surface area (Å²) in [5, 5.41) is 18.2. The van der Waals surface area contributed by atoms with Crippen LogP contribution in [-0.2, 0) is 20.9 Å². The fourth-order valence-electron chi connectivity index (χ4n) is 6.41. The second-order valence-electron chi connectivity index (χ2n) is 13.6. The Hall–Kier alpha value is -5.87. The SMILES string of the molecule is CN(Cc1cccc(SC/C(C=Nc2cccc(C(=O)NO)c2)=N/N)c1)C(=O)CCCCCCCCNc1ccc2c(c1)C(=O)N(C1CCC(=O)NC1=O)C2=O. The summed E-state index contributed by atoms with van der Waals surface area (Å²) >= 11 is 1.53. The summed E-state index contributed by atoms with van der Waals surface area (Å²) in [6.45, 7) is 1.19. The van der Waals surface area contributed by atoms with Gasteiger partial charge in [-0.3, -0.25) is 49.2 Å². The second kappa shape index (κ2) is 20.2. The van der Waals surface area contributed by atoms with Gasteiger partial charge in [0, 0.05) is 54.9 Å². The summed E-state index contributed by atoms with van der Waals surface area (Å²) in [5.41, 5.74) is 5.15. The van der Waals surface area contributed by atoms with E-state index in [1.807, 2.05) is 31.3 Å². The number of piperidine rings is 1. The molecule has 294 valence electrons. The number of thioether (sulfide) groups is 1. The molecule has 0 radical (unpaired) electrons. The molecule has 5 rings (SSSR count). The summed E-state index contributed by atoms with van der Waals surface area (Å²) in [6, 6.07) is 18.4. The van der Waals surface area contributed by atoms with Gasteiger partial charge in [-0.1, -0.05) is 43.9 Å². The molecule has 2 aliphatic heterocycles. The maximum Gasteiger partial charge on any atom is 0.274 e. The van der Waals surface area contributed by atoms with Gasteiger partial charge in [-0.25, -0.2) is 5.48 Å². The number of unbranched alkanes of at least 4 members (excludes halogenated alkanes) is 5. The summed E-state index contributed by atoms with van der Waals surface area (Å²) in [5.74, 6) is 3.43. The number of hydroxylamine groups is 1. The van der Waals surface area contributed by atoms with Crippen LogP contribution in [0.15, 0.2) is 81.7 Å². The molecule has 0 saturated carbocycles. The molecule has 0 aromatic heterocycles. The van der Waals surface area contributed by atoms with Gasteiger partial charge in [0.05, 0.1) is 28.7 Å². The summed E-state index contributed by atoms with van der Waals surface area (Å²) in [6.07, 6.45) is 7.97. The molecular formula is C40H46N8O7S. The maximum atomic E-state index is 13.1. The predicted molar refractivity (Wildman–Crippen MR) is 213 cm³/mol. The van der Waals surface area contributed by atoms with Gasteiger partial charge in [0.1, 0.15) is 6.04 Å². The van der Waals surface area contributed by atoms with Crippen molar-refractivity contribution in [2.45, 2.75) is 75.3 Å². The van der Waals surface area contributed by atoms with Crippen molar-refractivity contribution < 1.29 is 34.0 Å². The van der Waals surface area contributed by atoms with Crippen LogP contribution < -0.4 is 22.0 Å².